The van der Waals surface area contributed by atoms with E-state index in [-0.39, 0.29) is 6.04 Å². The van der Waals surface area contributed by atoms with Crippen molar-refractivity contribution in [1.82, 2.24) is 0 Å². The Balaban J connectivity index is 2.35. The van der Waals surface area contributed by atoms with Crippen LogP contribution in [0.1, 0.15) is 19.8 Å². The molecule has 1 saturated heterocycles. The number of hydrogen-bond acceptors (Lipinski definition) is 2. The molecule has 0 radical (unpaired) electrons. The van der Waals surface area contributed by atoms with Gasteiger partial charge in [-0.1, -0.05) is 0 Å². The highest BCUT2D eigenvalue weighted by molar-refractivity contribution is 7.92. The third-order valence-electron chi connectivity index (χ3n) is 1.77. The lowest BCUT2D eigenvalue weighted by Gasteiger charge is -2.26. The summed E-state index contributed by atoms with van der Waals surface area (Å²) in [6, 6.07) is 0.196. The van der Waals surface area contributed by atoms with Crippen LogP contribution in [0.3, 0.4) is 0 Å². The minimum absolute atomic E-state index is 0.196. The second-order valence-corrected chi connectivity index (χ2v) is 4.60. The fourth-order valence-corrected chi connectivity index (χ4v) is 2.35. The van der Waals surface area contributed by atoms with Crippen LogP contribution < -0.4 is 5.73 Å². The molecule has 3 unspecified atom stereocenters. The van der Waals surface area contributed by atoms with Gasteiger partial charge in [-0.3, -0.25) is 0 Å². The number of nitrogens with two attached hydrogens (primary N) is 1. The van der Waals surface area contributed by atoms with E-state index in [0.29, 0.717) is 11.0 Å². The Morgan fingerprint density at radius 1 is 1.56 bits per heavy atom. The average Bonchev–Trinajstić information content (AvgIpc) is 1.80. The second-order valence-electron chi connectivity index (χ2n) is 2.70. The van der Waals surface area contributed by atoms with E-state index in [4.69, 9.17) is 5.73 Å². The van der Waals surface area contributed by atoms with Crippen molar-refractivity contribution in [3.8, 4) is 0 Å². The molecule has 0 aromatic rings. The second kappa shape index (κ2) is 2.90. The first-order valence-corrected chi connectivity index (χ1v) is 4.71. The molecule has 2 N–H and O–H groups in total. The third-order valence-corrected chi connectivity index (χ3v) is 3.66. The summed E-state index contributed by atoms with van der Waals surface area (Å²) < 4.78 is 11.0. The van der Waals surface area contributed by atoms with Crippen molar-refractivity contribution in [2.45, 2.75) is 31.1 Å². The smallest absolute Gasteiger partial charge is 0.120 e. The van der Waals surface area contributed by atoms with Gasteiger partial charge in [0.2, 0.25) is 0 Å². The Morgan fingerprint density at radius 2 is 2.22 bits per heavy atom. The van der Waals surface area contributed by atoms with Gasteiger partial charge in [-0.05, 0) is 30.9 Å². The molecule has 0 aromatic carbocycles. The van der Waals surface area contributed by atoms with E-state index in [1.165, 1.54) is 0 Å². The summed E-state index contributed by atoms with van der Waals surface area (Å²) >= 11 is -0.640. The Morgan fingerprint density at radius 3 is 2.67 bits per heavy atom. The van der Waals surface area contributed by atoms with Crippen molar-refractivity contribution in [2.24, 2.45) is 5.73 Å². The van der Waals surface area contributed by atoms with E-state index in [2.05, 4.69) is 0 Å². The van der Waals surface area contributed by atoms with Crippen LogP contribution in [0.15, 0.2) is 0 Å². The zero-order chi connectivity index (χ0) is 6.85. The summed E-state index contributed by atoms with van der Waals surface area (Å²) in [5, 5.41) is 0.379. The maximum Gasteiger partial charge on any atom is 0.120 e. The van der Waals surface area contributed by atoms with E-state index >= 15 is 0 Å². The Labute approximate surface area is 59.0 Å². The summed E-state index contributed by atoms with van der Waals surface area (Å²) in [6.45, 7) is 2.03. The van der Waals surface area contributed by atoms with Crippen molar-refractivity contribution in [1.29, 1.82) is 0 Å². The molecule has 2 nitrogen and oxygen atoms in total. The predicted octanol–water partition coefficient (Wildman–Crippen LogP) is 0.245. The molecule has 0 bridgehead atoms. The van der Waals surface area contributed by atoms with Gasteiger partial charge in [0.25, 0.3) is 0 Å². The van der Waals surface area contributed by atoms with E-state index in [1.54, 1.807) is 0 Å². The normalized spacial score (nSPS) is 45.0. The zero-order valence-corrected chi connectivity index (χ0v) is 6.49. The van der Waals surface area contributed by atoms with Crippen LogP contribution in [0, 0.1) is 0 Å². The monoisotopic (exact) mass is 147 g/mol. The predicted molar refractivity (Wildman–Crippen MR) is 39.7 cm³/mol. The summed E-state index contributed by atoms with van der Waals surface area (Å²) in [5.41, 5.74) is 5.59. The molecule has 3 atom stereocenters. The van der Waals surface area contributed by atoms with Crippen LogP contribution in [-0.2, 0) is 11.2 Å². The zero-order valence-electron chi connectivity index (χ0n) is 5.67. The van der Waals surface area contributed by atoms with Crippen molar-refractivity contribution in [3.63, 3.8) is 0 Å². The highest BCUT2D eigenvalue weighted by atomic mass is 32.2. The first-order valence-electron chi connectivity index (χ1n) is 3.33. The SMILES string of the molecule is CC1CCC(N)C[S+]1[O-]. The van der Waals surface area contributed by atoms with Gasteiger partial charge in [0.15, 0.2) is 0 Å². The summed E-state index contributed by atoms with van der Waals surface area (Å²) in [5.74, 6) is 0.709. The van der Waals surface area contributed by atoms with Crippen LogP contribution in [-0.4, -0.2) is 21.6 Å². The maximum absolute atomic E-state index is 11.0. The fraction of sp³-hybridized carbons (Fsp3) is 1.00. The van der Waals surface area contributed by atoms with Gasteiger partial charge in [0.1, 0.15) is 11.0 Å². The molecule has 9 heavy (non-hydrogen) atoms. The molecule has 0 aliphatic carbocycles. The molecular formula is C6H13NOS. The van der Waals surface area contributed by atoms with Crippen LogP contribution in [0.4, 0.5) is 0 Å². The van der Waals surface area contributed by atoms with Crippen LogP contribution >= 0.6 is 0 Å². The molecule has 1 aliphatic heterocycles. The van der Waals surface area contributed by atoms with Crippen molar-refractivity contribution in [3.05, 3.63) is 0 Å². The van der Waals surface area contributed by atoms with Gasteiger partial charge in [-0.2, -0.15) is 0 Å². The first-order chi connectivity index (χ1) is 4.20. The maximum atomic E-state index is 11.0. The topological polar surface area (TPSA) is 49.1 Å². The van der Waals surface area contributed by atoms with Gasteiger partial charge < -0.3 is 10.3 Å². The molecule has 0 aromatic heterocycles. The quantitative estimate of drug-likeness (QED) is 0.499. The Kier molecular flexibility index (Phi) is 2.38. The van der Waals surface area contributed by atoms with Crippen molar-refractivity contribution >= 4 is 11.2 Å². The lowest BCUT2D eigenvalue weighted by Crippen LogP contribution is -2.39. The van der Waals surface area contributed by atoms with Crippen molar-refractivity contribution < 1.29 is 4.55 Å². The number of hydrogen-bond donors (Lipinski definition) is 1. The molecule has 1 aliphatic rings. The van der Waals surface area contributed by atoms with Crippen LogP contribution in [0.5, 0.6) is 0 Å². The van der Waals surface area contributed by atoms with Gasteiger partial charge in [-0.25, -0.2) is 0 Å². The Bertz CT molecular complexity index is 99.1. The van der Waals surface area contributed by atoms with E-state index in [0.717, 1.165) is 12.8 Å². The van der Waals surface area contributed by atoms with Crippen molar-refractivity contribution in [2.75, 3.05) is 5.75 Å². The number of rotatable bonds is 0. The molecule has 1 rings (SSSR count). The molecule has 0 amide bonds. The van der Waals surface area contributed by atoms with E-state index < -0.39 is 11.2 Å². The molecule has 54 valence electrons. The lowest BCUT2D eigenvalue weighted by atomic mass is 10.1. The summed E-state index contributed by atoms with van der Waals surface area (Å²) in [7, 11) is 0. The molecular weight excluding hydrogens is 134 g/mol. The van der Waals surface area contributed by atoms with E-state index in [1.807, 2.05) is 6.92 Å². The van der Waals surface area contributed by atoms with Gasteiger partial charge in [-0.15, -0.1) is 0 Å². The average molecular weight is 147 g/mol. The summed E-state index contributed by atoms with van der Waals surface area (Å²) in [4.78, 5) is 0. The third kappa shape index (κ3) is 1.85. The summed E-state index contributed by atoms with van der Waals surface area (Å²) in [6.07, 6.45) is 2.08. The Hall–Kier alpha value is 0.270. The van der Waals surface area contributed by atoms with E-state index in [9.17, 15) is 4.55 Å². The van der Waals surface area contributed by atoms with Gasteiger partial charge >= 0.3 is 0 Å². The molecule has 0 spiro atoms. The largest absolute Gasteiger partial charge is 0.616 e. The molecule has 0 saturated carbocycles. The highest BCUT2D eigenvalue weighted by Crippen LogP contribution is 2.17. The molecule has 1 heterocycles. The van der Waals surface area contributed by atoms with Gasteiger partial charge in [0.05, 0.1) is 0 Å². The molecule has 3 heteroatoms. The standard InChI is InChI=1S/C6H13NOS/c1-5-2-3-6(7)4-9(5)8/h5-6H,2-4,7H2,1H3. The minimum Gasteiger partial charge on any atom is -0.616 e. The van der Waals surface area contributed by atoms with Crippen LogP contribution in [0.25, 0.3) is 0 Å². The molecule has 1 fully saturated rings. The van der Waals surface area contributed by atoms with Gasteiger partial charge in [0, 0.05) is 6.04 Å². The lowest BCUT2D eigenvalue weighted by molar-refractivity contribution is 0.522. The minimum atomic E-state index is -0.640. The first kappa shape index (κ1) is 7.38. The fourth-order valence-electron chi connectivity index (χ4n) is 1.04. The van der Waals surface area contributed by atoms with Crippen LogP contribution in [0.2, 0.25) is 0 Å². The highest BCUT2D eigenvalue weighted by Gasteiger charge is 2.26.